The molecule has 0 spiro atoms. The quantitative estimate of drug-likeness (QED) is 0.175. The topological polar surface area (TPSA) is 122 Å². The van der Waals surface area contributed by atoms with Crippen LogP contribution in [0.15, 0.2) is 42.7 Å². The summed E-state index contributed by atoms with van der Waals surface area (Å²) in [6.45, 7) is 15.0. The van der Waals surface area contributed by atoms with Crippen LogP contribution in [-0.2, 0) is 19.4 Å². The summed E-state index contributed by atoms with van der Waals surface area (Å²) in [5.74, 6) is 0.771. The second kappa shape index (κ2) is 12.6. The first kappa shape index (κ1) is 31.2. The lowest BCUT2D eigenvalue weighted by molar-refractivity contribution is 0.144. The first-order chi connectivity index (χ1) is 19.9. The van der Waals surface area contributed by atoms with Crippen LogP contribution in [0.1, 0.15) is 38.8 Å². The molecule has 0 saturated heterocycles. The molecule has 1 aromatic carbocycles. The number of nitrogens with zero attached hydrogens (tertiary/aromatic N) is 5. The fourth-order valence-electron chi connectivity index (χ4n) is 4.58. The molecule has 1 radical (unpaired) electrons. The number of nitrogens with one attached hydrogen (secondary N) is 1. The summed E-state index contributed by atoms with van der Waals surface area (Å²) in [6.07, 6.45) is 4.07. The van der Waals surface area contributed by atoms with E-state index in [-0.39, 0.29) is 5.04 Å². The molecule has 3 aromatic rings. The fourth-order valence-corrected chi connectivity index (χ4v) is 5.69. The molecule has 0 bridgehead atoms. The second-order valence-electron chi connectivity index (χ2n) is 12.1. The number of pyridine rings is 1. The van der Waals surface area contributed by atoms with Gasteiger partial charge < -0.3 is 28.8 Å². The third-order valence-corrected chi connectivity index (χ3v) is 12.5. The number of benzene rings is 1. The predicted molar refractivity (Wildman–Crippen MR) is 167 cm³/mol. The number of nitriles is 1. The average molecular weight is 586 g/mol. The molecule has 1 N–H and O–H groups in total. The van der Waals surface area contributed by atoms with Crippen molar-refractivity contribution in [1.29, 1.82) is 5.26 Å². The van der Waals surface area contributed by atoms with E-state index in [0.29, 0.717) is 55.1 Å². The van der Waals surface area contributed by atoms with Crippen LogP contribution in [0.3, 0.4) is 0 Å². The molecule has 1 aliphatic heterocycles. The Hall–Kier alpha value is -3.79. The van der Waals surface area contributed by atoms with Gasteiger partial charge in [-0.1, -0.05) is 27.7 Å². The number of carbonyl (C=O) groups is 1. The fraction of sp³-hybridized carbons (Fsp3) is 0.433. The zero-order valence-corrected chi connectivity index (χ0v) is 26.4. The van der Waals surface area contributed by atoms with E-state index in [4.69, 9.17) is 18.9 Å². The van der Waals surface area contributed by atoms with E-state index in [2.05, 4.69) is 68.2 Å². The number of aromatic nitrogens is 3. The Balaban J connectivity index is 1.70. The van der Waals surface area contributed by atoms with Crippen molar-refractivity contribution in [2.75, 3.05) is 43.6 Å². The molecule has 1 atom stereocenters. The number of hydrogen-bond donors (Lipinski definition) is 1. The van der Waals surface area contributed by atoms with Gasteiger partial charge in [0.1, 0.15) is 24.5 Å². The number of rotatable bonds is 12. The Labute approximate surface area is 249 Å². The Kier molecular flexibility index (Phi) is 9.35. The van der Waals surface area contributed by atoms with Gasteiger partial charge in [0, 0.05) is 49.3 Å². The van der Waals surface area contributed by atoms with E-state index < -0.39 is 13.7 Å². The molecule has 1 aliphatic rings. The highest BCUT2D eigenvalue weighted by molar-refractivity contribution is 6.74. The Morgan fingerprint density at radius 1 is 1.21 bits per heavy atom. The van der Waals surface area contributed by atoms with E-state index in [9.17, 15) is 10.1 Å². The predicted octanol–water partition coefficient (Wildman–Crippen LogP) is 5.09. The minimum atomic E-state index is -2.06. The van der Waals surface area contributed by atoms with Gasteiger partial charge in [-0.15, -0.1) is 0 Å². The van der Waals surface area contributed by atoms with Gasteiger partial charge in [-0.25, -0.2) is 15.0 Å². The van der Waals surface area contributed by atoms with Crippen LogP contribution >= 0.6 is 0 Å². The first-order valence-corrected chi connectivity index (χ1v) is 16.8. The molecule has 42 heavy (non-hydrogen) atoms. The van der Waals surface area contributed by atoms with Gasteiger partial charge in [0.2, 0.25) is 11.8 Å². The lowest BCUT2D eigenvalue weighted by atomic mass is 9.83. The smallest absolute Gasteiger partial charge is 0.329 e. The minimum Gasteiger partial charge on any atom is -0.474 e. The van der Waals surface area contributed by atoms with Gasteiger partial charge in [0.15, 0.2) is 8.32 Å². The molecule has 219 valence electrons. The molecule has 0 fully saturated rings. The maximum Gasteiger partial charge on any atom is 0.329 e. The van der Waals surface area contributed by atoms with Crippen LogP contribution < -0.4 is 14.9 Å². The van der Waals surface area contributed by atoms with Crippen LogP contribution in [0.25, 0.3) is 11.3 Å². The lowest BCUT2D eigenvalue weighted by Gasteiger charge is -2.39. The molecule has 0 amide bonds. The van der Waals surface area contributed by atoms with Crippen molar-refractivity contribution in [1.82, 2.24) is 15.0 Å². The molecule has 10 nitrogen and oxygen atoms in total. The van der Waals surface area contributed by atoms with Gasteiger partial charge in [-0.2, -0.15) is 5.26 Å². The van der Waals surface area contributed by atoms with E-state index >= 15 is 0 Å². The van der Waals surface area contributed by atoms with Crippen molar-refractivity contribution in [3.8, 4) is 23.2 Å². The van der Waals surface area contributed by atoms with Crippen LogP contribution in [0.4, 0.5) is 17.3 Å². The van der Waals surface area contributed by atoms with Gasteiger partial charge in [-0.05, 0) is 54.0 Å². The summed E-state index contributed by atoms with van der Waals surface area (Å²) in [5, 5.41) is 13.4. The van der Waals surface area contributed by atoms with Crippen molar-refractivity contribution >= 4 is 39.2 Å². The van der Waals surface area contributed by atoms with Crippen molar-refractivity contribution in [3.63, 3.8) is 0 Å². The highest BCUT2D eigenvalue weighted by atomic mass is 28.4. The van der Waals surface area contributed by atoms with Crippen molar-refractivity contribution in [2.45, 2.75) is 51.2 Å². The number of ether oxygens (including phenoxy) is 2. The molecule has 12 heteroatoms. The number of fused-ring (bicyclic) bond motifs is 1. The van der Waals surface area contributed by atoms with Crippen molar-refractivity contribution in [2.24, 2.45) is 0 Å². The van der Waals surface area contributed by atoms with Gasteiger partial charge in [-0.3, -0.25) is 0 Å². The molecule has 0 saturated carbocycles. The van der Waals surface area contributed by atoms with Gasteiger partial charge in [0.05, 0.1) is 17.9 Å². The van der Waals surface area contributed by atoms with E-state index in [1.165, 1.54) is 7.41 Å². The molecular weight excluding hydrogens is 547 g/mol. The zero-order chi connectivity index (χ0) is 30.5. The van der Waals surface area contributed by atoms with E-state index in [0.717, 1.165) is 23.0 Å². The molecule has 3 heterocycles. The lowest BCUT2D eigenvalue weighted by Crippen LogP contribution is -2.46. The third-order valence-electron chi connectivity index (χ3n) is 7.98. The highest BCUT2D eigenvalue weighted by Gasteiger charge is 2.44. The second-order valence-corrected chi connectivity index (χ2v) is 17.0. The van der Waals surface area contributed by atoms with Crippen molar-refractivity contribution < 1.29 is 18.7 Å². The average Bonchev–Trinajstić information content (AvgIpc) is 3.24. The minimum absolute atomic E-state index is 0.0480. The Bertz CT molecular complexity index is 1470. The normalized spacial score (nSPS) is 16.5. The number of methoxy groups -OCH3 is 1. The first-order valence-electron chi connectivity index (χ1n) is 13.9. The Morgan fingerprint density at radius 3 is 2.69 bits per heavy atom. The molecule has 0 aliphatic carbocycles. The molecule has 0 unspecified atom stereocenters. The summed E-state index contributed by atoms with van der Waals surface area (Å²) in [5.41, 5.74) is 3.72. The summed E-state index contributed by atoms with van der Waals surface area (Å²) in [6, 6.07) is 11.6. The van der Waals surface area contributed by atoms with Crippen LogP contribution in [-0.4, -0.2) is 70.3 Å². The van der Waals surface area contributed by atoms with E-state index in [1.54, 1.807) is 37.7 Å². The van der Waals surface area contributed by atoms with Crippen LogP contribution in [0.2, 0.25) is 18.1 Å². The Morgan fingerprint density at radius 2 is 2.00 bits per heavy atom. The highest BCUT2D eigenvalue weighted by Crippen LogP contribution is 2.46. The maximum absolute atomic E-state index is 11.6. The summed E-state index contributed by atoms with van der Waals surface area (Å²) in [4.78, 5) is 26.9. The summed E-state index contributed by atoms with van der Waals surface area (Å²) < 4.78 is 17.5. The number of carbonyl (C=O) groups excluding carboxylic acids is 1. The van der Waals surface area contributed by atoms with E-state index in [1.807, 2.05) is 10.9 Å². The summed E-state index contributed by atoms with van der Waals surface area (Å²) in [7, 11) is 1.04. The van der Waals surface area contributed by atoms with Crippen molar-refractivity contribution in [3.05, 3.63) is 53.9 Å². The summed E-state index contributed by atoms with van der Waals surface area (Å²) >= 11 is 0. The third kappa shape index (κ3) is 6.64. The number of hydrogen-bond acceptors (Lipinski definition) is 10. The standard InChI is InChI=1S/C30H38BN6O4Si/c1-29(2,3)42(6,7)41-19-30(4)18-37(31-20-38)26-22(17-32)15-21(16-23(26)30)24-10-12-34-28(35-24)36-25-9-8-11-33-27(25)40-14-13-39-5/h8-12,15-16,20H,13-14,18-19H2,1-7H3,(H,34,35,36)/t30-/m1/s1. The molecule has 2 aromatic heterocycles. The maximum atomic E-state index is 11.6. The van der Waals surface area contributed by atoms with Gasteiger partial charge >= 0.3 is 7.41 Å². The number of anilines is 3. The van der Waals surface area contributed by atoms with Crippen LogP contribution in [0.5, 0.6) is 5.88 Å². The van der Waals surface area contributed by atoms with Gasteiger partial charge in [0.25, 0.3) is 0 Å². The molecule has 4 rings (SSSR count). The largest absolute Gasteiger partial charge is 0.474 e. The zero-order valence-electron chi connectivity index (χ0n) is 25.4. The monoisotopic (exact) mass is 585 g/mol. The SMILES string of the molecule is COCCOc1ncccc1Nc1nccc(-c2cc(C#N)c3c(c2)[C@@](C)(CO[Si](C)(C)C(C)(C)C)CN3[B]C=O)n1. The molecular formula is C30H38BN6O4Si. The van der Waals surface area contributed by atoms with Crippen LogP contribution in [0, 0.1) is 11.3 Å².